The van der Waals surface area contributed by atoms with Gasteiger partial charge in [-0.3, -0.25) is 4.90 Å². The van der Waals surface area contributed by atoms with Crippen LogP contribution in [0.2, 0.25) is 0 Å². The minimum atomic E-state index is 0.328. The van der Waals surface area contributed by atoms with Crippen LogP contribution in [0.5, 0.6) is 0 Å². The van der Waals surface area contributed by atoms with Crippen molar-refractivity contribution in [3.8, 4) is 0 Å². The van der Waals surface area contributed by atoms with E-state index in [-0.39, 0.29) is 0 Å². The first-order valence-corrected chi connectivity index (χ1v) is 5.87. The molecule has 1 saturated heterocycles. The van der Waals surface area contributed by atoms with E-state index in [1.807, 2.05) is 0 Å². The molecule has 1 atom stereocenters. The van der Waals surface area contributed by atoms with Crippen LogP contribution in [0.4, 0.5) is 0 Å². The fourth-order valence-electron chi connectivity index (χ4n) is 1.97. The van der Waals surface area contributed by atoms with Crippen molar-refractivity contribution < 1.29 is 4.74 Å². The van der Waals surface area contributed by atoms with Gasteiger partial charge in [-0.25, -0.2) is 0 Å². The predicted molar refractivity (Wildman–Crippen MR) is 63.0 cm³/mol. The van der Waals surface area contributed by atoms with Crippen LogP contribution in [0.3, 0.4) is 0 Å². The topological polar surface area (TPSA) is 41.7 Å². The lowest BCUT2D eigenvalue weighted by molar-refractivity contribution is 0.0284. The van der Waals surface area contributed by atoms with Crippen LogP contribution in [-0.4, -0.2) is 68.3 Å². The molecular weight excluding hydrogens is 190 g/mol. The number of piperazine rings is 1. The highest BCUT2D eigenvalue weighted by atomic mass is 16.5. The highest BCUT2D eigenvalue weighted by Gasteiger charge is 2.23. The lowest BCUT2D eigenvalue weighted by atomic mass is 10.2. The second-order valence-corrected chi connectivity index (χ2v) is 4.61. The molecule has 1 unspecified atom stereocenters. The molecule has 0 bridgehead atoms. The number of hydrogen-bond acceptors (Lipinski definition) is 4. The fraction of sp³-hybridized carbons (Fsp3) is 1.00. The van der Waals surface area contributed by atoms with Crippen LogP contribution in [0.15, 0.2) is 0 Å². The summed E-state index contributed by atoms with van der Waals surface area (Å²) < 4.78 is 5.57. The summed E-state index contributed by atoms with van der Waals surface area (Å²) in [5.41, 5.74) is 5.78. The number of hydrogen-bond donors (Lipinski definition) is 1. The summed E-state index contributed by atoms with van der Waals surface area (Å²) >= 11 is 0. The summed E-state index contributed by atoms with van der Waals surface area (Å²) in [5.74, 6) is 0. The van der Waals surface area contributed by atoms with Gasteiger partial charge in [0.05, 0.1) is 12.7 Å². The number of rotatable bonds is 5. The first-order valence-electron chi connectivity index (χ1n) is 5.87. The Balaban J connectivity index is 2.26. The number of likely N-dealkylation sites (N-methyl/N-ethyl adjacent to an activating group) is 1. The van der Waals surface area contributed by atoms with E-state index in [1.54, 1.807) is 0 Å². The zero-order valence-electron chi connectivity index (χ0n) is 10.3. The molecule has 0 aliphatic carbocycles. The highest BCUT2D eigenvalue weighted by Crippen LogP contribution is 2.07. The highest BCUT2D eigenvalue weighted by molar-refractivity contribution is 4.81. The van der Waals surface area contributed by atoms with Crippen molar-refractivity contribution in [3.63, 3.8) is 0 Å². The van der Waals surface area contributed by atoms with E-state index in [2.05, 4.69) is 30.7 Å². The van der Waals surface area contributed by atoms with Crippen molar-refractivity contribution in [3.05, 3.63) is 0 Å². The molecule has 4 nitrogen and oxygen atoms in total. The number of nitrogens with two attached hydrogens (primary N) is 1. The Hall–Kier alpha value is -0.160. The summed E-state index contributed by atoms with van der Waals surface area (Å²) in [6.07, 6.45) is 0.328. The lowest BCUT2D eigenvalue weighted by Crippen LogP contribution is -2.55. The van der Waals surface area contributed by atoms with Crippen LogP contribution in [0, 0.1) is 0 Å². The zero-order chi connectivity index (χ0) is 11.3. The molecule has 1 heterocycles. The smallest absolute Gasteiger partial charge is 0.0597 e. The van der Waals surface area contributed by atoms with Gasteiger partial charge in [-0.15, -0.1) is 0 Å². The molecular formula is C11H25N3O. The van der Waals surface area contributed by atoms with E-state index in [0.29, 0.717) is 12.1 Å². The molecule has 1 fully saturated rings. The third-order valence-corrected chi connectivity index (χ3v) is 2.91. The SMILES string of the molecule is CC(C)OCCN1CCN(C)CC1CN. The third kappa shape index (κ3) is 4.47. The van der Waals surface area contributed by atoms with Crippen LogP contribution >= 0.6 is 0 Å². The molecule has 0 amide bonds. The van der Waals surface area contributed by atoms with Crippen molar-refractivity contribution in [2.75, 3.05) is 46.4 Å². The van der Waals surface area contributed by atoms with Crippen LogP contribution < -0.4 is 5.73 Å². The standard InChI is InChI=1S/C11H25N3O/c1-10(2)15-7-6-14-5-4-13(3)9-11(14)8-12/h10-11H,4-9,12H2,1-3H3. The minimum Gasteiger partial charge on any atom is -0.377 e. The Morgan fingerprint density at radius 3 is 2.73 bits per heavy atom. The number of ether oxygens (including phenoxy) is 1. The normalized spacial score (nSPS) is 25.0. The molecule has 0 spiro atoms. The number of nitrogens with zero attached hydrogens (tertiary/aromatic N) is 2. The molecule has 0 radical (unpaired) electrons. The van der Waals surface area contributed by atoms with E-state index < -0.39 is 0 Å². The third-order valence-electron chi connectivity index (χ3n) is 2.91. The Labute approximate surface area is 93.4 Å². The fourth-order valence-corrected chi connectivity index (χ4v) is 1.97. The van der Waals surface area contributed by atoms with E-state index in [4.69, 9.17) is 10.5 Å². The summed E-state index contributed by atoms with van der Waals surface area (Å²) in [4.78, 5) is 4.79. The monoisotopic (exact) mass is 215 g/mol. The first-order chi connectivity index (χ1) is 7.13. The zero-order valence-corrected chi connectivity index (χ0v) is 10.3. The van der Waals surface area contributed by atoms with E-state index in [0.717, 1.165) is 39.3 Å². The maximum atomic E-state index is 5.78. The second kappa shape index (κ2) is 6.43. The van der Waals surface area contributed by atoms with Gasteiger partial charge in [0.25, 0.3) is 0 Å². The quantitative estimate of drug-likeness (QED) is 0.700. The first kappa shape index (κ1) is 12.9. The largest absolute Gasteiger partial charge is 0.377 e. The van der Waals surface area contributed by atoms with Crippen molar-refractivity contribution in [1.82, 2.24) is 9.80 Å². The lowest BCUT2D eigenvalue weighted by Gasteiger charge is -2.39. The van der Waals surface area contributed by atoms with Gasteiger partial charge in [-0.1, -0.05) is 0 Å². The maximum absolute atomic E-state index is 5.78. The molecule has 15 heavy (non-hydrogen) atoms. The van der Waals surface area contributed by atoms with Crippen LogP contribution in [-0.2, 0) is 4.74 Å². The average Bonchev–Trinajstić information content (AvgIpc) is 2.19. The van der Waals surface area contributed by atoms with Crippen molar-refractivity contribution >= 4 is 0 Å². The average molecular weight is 215 g/mol. The molecule has 90 valence electrons. The molecule has 4 heteroatoms. The molecule has 1 aliphatic heterocycles. The van der Waals surface area contributed by atoms with Gasteiger partial charge in [0.15, 0.2) is 0 Å². The molecule has 0 aromatic rings. The van der Waals surface area contributed by atoms with E-state index >= 15 is 0 Å². The Morgan fingerprint density at radius 1 is 1.40 bits per heavy atom. The van der Waals surface area contributed by atoms with Gasteiger partial charge in [-0.05, 0) is 20.9 Å². The molecule has 2 N–H and O–H groups in total. The predicted octanol–water partition coefficient (Wildman–Crippen LogP) is -0.0139. The minimum absolute atomic E-state index is 0.328. The molecule has 0 aromatic carbocycles. The van der Waals surface area contributed by atoms with Crippen LogP contribution in [0.1, 0.15) is 13.8 Å². The van der Waals surface area contributed by atoms with Crippen molar-refractivity contribution in [2.24, 2.45) is 5.73 Å². The maximum Gasteiger partial charge on any atom is 0.0597 e. The Bertz CT molecular complexity index is 175. The van der Waals surface area contributed by atoms with Gasteiger partial charge in [0, 0.05) is 38.8 Å². The molecule has 1 rings (SSSR count). The Morgan fingerprint density at radius 2 is 2.13 bits per heavy atom. The molecule has 0 saturated carbocycles. The van der Waals surface area contributed by atoms with E-state index in [9.17, 15) is 0 Å². The summed E-state index contributed by atoms with van der Waals surface area (Å²) in [5, 5.41) is 0. The van der Waals surface area contributed by atoms with Crippen molar-refractivity contribution in [1.29, 1.82) is 0 Å². The van der Waals surface area contributed by atoms with Gasteiger partial charge < -0.3 is 15.4 Å². The second-order valence-electron chi connectivity index (χ2n) is 4.61. The summed E-state index contributed by atoms with van der Waals surface area (Å²) in [6, 6.07) is 0.500. The molecule has 0 aromatic heterocycles. The summed E-state index contributed by atoms with van der Waals surface area (Å²) in [7, 11) is 2.16. The van der Waals surface area contributed by atoms with Gasteiger partial charge >= 0.3 is 0 Å². The van der Waals surface area contributed by atoms with E-state index in [1.165, 1.54) is 0 Å². The Kier molecular flexibility index (Phi) is 5.53. The van der Waals surface area contributed by atoms with Gasteiger partial charge in [0.2, 0.25) is 0 Å². The molecule has 1 aliphatic rings. The summed E-state index contributed by atoms with van der Waals surface area (Å²) in [6.45, 7) is 10.0. The van der Waals surface area contributed by atoms with Crippen molar-refractivity contribution in [2.45, 2.75) is 26.0 Å². The van der Waals surface area contributed by atoms with Gasteiger partial charge in [0.1, 0.15) is 0 Å². The van der Waals surface area contributed by atoms with Crippen LogP contribution in [0.25, 0.3) is 0 Å². The van der Waals surface area contributed by atoms with Gasteiger partial charge in [-0.2, -0.15) is 0 Å².